The fourth-order valence-electron chi connectivity index (χ4n) is 7.43. The van der Waals surface area contributed by atoms with Crippen molar-refractivity contribution in [2.24, 2.45) is 11.8 Å². The molecule has 40 heavy (non-hydrogen) atoms. The molecular weight excluding hydrogens is 480 g/mol. The zero-order valence-electron chi connectivity index (χ0n) is 27.1. The van der Waals surface area contributed by atoms with Gasteiger partial charge in [-0.25, -0.2) is 0 Å². The van der Waals surface area contributed by atoms with E-state index in [1.165, 1.54) is 140 Å². The van der Waals surface area contributed by atoms with Crippen LogP contribution < -0.4 is 0 Å². The lowest BCUT2D eigenvalue weighted by molar-refractivity contribution is 0.303. The Kier molecular flexibility index (Phi) is 16.1. The molecule has 2 aromatic carbocycles. The Morgan fingerprint density at radius 3 is 1.07 bits per heavy atom. The number of aryl methyl sites for hydroxylation is 2. The minimum absolute atomic E-state index is 0.841. The summed E-state index contributed by atoms with van der Waals surface area (Å²) in [5, 5.41) is 0. The Morgan fingerprint density at radius 2 is 0.775 bits per heavy atom. The Labute approximate surface area is 250 Å². The summed E-state index contributed by atoms with van der Waals surface area (Å²) in [5.41, 5.74) is 6.20. The minimum atomic E-state index is 0.841. The quantitative estimate of drug-likeness (QED) is 0.207. The zero-order valence-corrected chi connectivity index (χ0v) is 27.1. The van der Waals surface area contributed by atoms with Gasteiger partial charge < -0.3 is 0 Å². The lowest BCUT2D eigenvalue weighted by Crippen LogP contribution is -2.13. The third kappa shape index (κ3) is 11.7. The number of rotatable bonds is 14. The van der Waals surface area contributed by atoms with Crippen LogP contribution in [0.1, 0.15) is 177 Å². The van der Waals surface area contributed by atoms with Crippen molar-refractivity contribution in [2.45, 2.75) is 168 Å². The maximum Gasteiger partial charge on any atom is -0.0162 e. The highest BCUT2D eigenvalue weighted by atomic mass is 14.3. The van der Waals surface area contributed by atoms with Crippen LogP contribution in [0.4, 0.5) is 0 Å². The Morgan fingerprint density at radius 1 is 0.425 bits per heavy atom. The molecule has 0 aliphatic heterocycles. The van der Waals surface area contributed by atoms with Gasteiger partial charge in [0, 0.05) is 0 Å². The van der Waals surface area contributed by atoms with Crippen LogP contribution in [0.2, 0.25) is 0 Å². The molecule has 0 saturated heterocycles. The Bertz CT molecular complexity index is 784. The van der Waals surface area contributed by atoms with Gasteiger partial charge in [0.15, 0.2) is 0 Å². The van der Waals surface area contributed by atoms with Gasteiger partial charge in [-0.05, 0) is 110 Å². The molecule has 0 atom stereocenters. The van der Waals surface area contributed by atoms with Crippen LogP contribution >= 0.6 is 0 Å². The van der Waals surface area contributed by atoms with Crippen LogP contribution in [-0.2, 0) is 12.8 Å². The molecular formula is C40H64. The van der Waals surface area contributed by atoms with Gasteiger partial charge in [0.1, 0.15) is 0 Å². The molecule has 2 aliphatic carbocycles. The molecule has 2 fully saturated rings. The summed E-state index contributed by atoms with van der Waals surface area (Å²) in [6.07, 6.45) is 27.9. The normalized spacial score (nSPS) is 22.9. The second-order valence-corrected chi connectivity index (χ2v) is 13.4. The van der Waals surface area contributed by atoms with E-state index in [1.54, 1.807) is 11.1 Å². The molecule has 2 aliphatic rings. The Hall–Kier alpha value is -1.56. The lowest BCUT2D eigenvalue weighted by Gasteiger charge is -2.29. The monoisotopic (exact) mass is 545 g/mol. The lowest BCUT2D eigenvalue weighted by atomic mass is 9.77. The van der Waals surface area contributed by atoms with E-state index >= 15 is 0 Å². The van der Waals surface area contributed by atoms with E-state index < -0.39 is 0 Å². The van der Waals surface area contributed by atoms with Crippen molar-refractivity contribution in [3.8, 4) is 0 Å². The first-order chi connectivity index (χ1) is 19.7. The average molecular weight is 545 g/mol. The molecule has 0 aromatic heterocycles. The SMILES string of the molecule is CCCCCC1CCC(c2ccc(CCC)cc2)CC1.CCCCCC1CCC(c2ccc(CCC)cc2)CC1. The molecule has 0 amide bonds. The van der Waals surface area contributed by atoms with E-state index in [-0.39, 0.29) is 0 Å². The second-order valence-electron chi connectivity index (χ2n) is 13.4. The molecule has 0 unspecified atom stereocenters. The minimum Gasteiger partial charge on any atom is -0.0654 e. The van der Waals surface area contributed by atoms with Gasteiger partial charge in [0.25, 0.3) is 0 Å². The van der Waals surface area contributed by atoms with Gasteiger partial charge >= 0.3 is 0 Å². The summed E-state index contributed by atoms with van der Waals surface area (Å²) in [5.74, 6) is 3.73. The van der Waals surface area contributed by atoms with Crippen molar-refractivity contribution in [1.29, 1.82) is 0 Å². The van der Waals surface area contributed by atoms with Gasteiger partial charge in [-0.2, -0.15) is 0 Å². The van der Waals surface area contributed by atoms with Crippen LogP contribution in [0.15, 0.2) is 48.5 Å². The summed E-state index contributed by atoms with van der Waals surface area (Å²) in [6.45, 7) is 9.12. The summed E-state index contributed by atoms with van der Waals surface area (Å²) < 4.78 is 0. The van der Waals surface area contributed by atoms with E-state index in [4.69, 9.17) is 0 Å². The molecule has 0 spiro atoms. The number of benzene rings is 2. The Balaban J connectivity index is 0.000000220. The van der Waals surface area contributed by atoms with Gasteiger partial charge in [0.2, 0.25) is 0 Å². The molecule has 224 valence electrons. The van der Waals surface area contributed by atoms with Crippen molar-refractivity contribution < 1.29 is 0 Å². The van der Waals surface area contributed by atoms with Crippen molar-refractivity contribution >= 4 is 0 Å². The van der Waals surface area contributed by atoms with Crippen molar-refractivity contribution in [2.75, 3.05) is 0 Å². The standard InChI is InChI=1S/2C20H32/c2*1-3-5-6-8-18-11-15-20(16-12-18)19-13-9-17(7-4-2)10-14-19/h2*9-10,13-14,18,20H,3-8,11-12,15-16H2,1-2H3. The van der Waals surface area contributed by atoms with Gasteiger partial charge in [-0.3, -0.25) is 0 Å². The molecule has 0 nitrogen and oxygen atoms in total. The summed E-state index contributed by atoms with van der Waals surface area (Å²) >= 11 is 0. The molecule has 0 heterocycles. The fourth-order valence-corrected chi connectivity index (χ4v) is 7.43. The average Bonchev–Trinajstić information content (AvgIpc) is 3.00. The molecule has 2 aromatic rings. The summed E-state index contributed by atoms with van der Waals surface area (Å²) in [6, 6.07) is 19.0. The van der Waals surface area contributed by atoms with Crippen LogP contribution in [0.25, 0.3) is 0 Å². The number of unbranched alkanes of at least 4 members (excludes halogenated alkanes) is 4. The fraction of sp³-hybridized carbons (Fsp3) is 0.700. The number of hydrogen-bond acceptors (Lipinski definition) is 0. The molecule has 0 bridgehead atoms. The maximum absolute atomic E-state index is 2.40. The summed E-state index contributed by atoms with van der Waals surface area (Å²) in [7, 11) is 0. The first-order valence-corrected chi connectivity index (χ1v) is 17.8. The second kappa shape index (κ2) is 19.5. The van der Waals surface area contributed by atoms with Gasteiger partial charge in [0.05, 0.1) is 0 Å². The third-order valence-corrected chi connectivity index (χ3v) is 10.1. The van der Waals surface area contributed by atoms with E-state index in [0.717, 1.165) is 23.7 Å². The van der Waals surface area contributed by atoms with E-state index in [2.05, 4.69) is 76.2 Å². The van der Waals surface area contributed by atoms with E-state index in [9.17, 15) is 0 Å². The predicted molar refractivity (Wildman–Crippen MR) is 179 cm³/mol. The van der Waals surface area contributed by atoms with Crippen LogP contribution in [0.3, 0.4) is 0 Å². The molecule has 0 radical (unpaired) electrons. The molecule has 4 rings (SSSR count). The largest absolute Gasteiger partial charge is 0.0654 e. The van der Waals surface area contributed by atoms with Crippen molar-refractivity contribution in [3.05, 3.63) is 70.8 Å². The highest BCUT2D eigenvalue weighted by Crippen LogP contribution is 2.39. The van der Waals surface area contributed by atoms with Gasteiger partial charge in [-0.15, -0.1) is 0 Å². The smallest absolute Gasteiger partial charge is 0.0162 e. The van der Waals surface area contributed by atoms with Crippen molar-refractivity contribution in [3.63, 3.8) is 0 Å². The topological polar surface area (TPSA) is 0 Å². The van der Waals surface area contributed by atoms with Crippen LogP contribution in [0, 0.1) is 11.8 Å². The van der Waals surface area contributed by atoms with Crippen LogP contribution in [0.5, 0.6) is 0 Å². The van der Waals surface area contributed by atoms with E-state index in [0.29, 0.717) is 0 Å². The molecule has 0 heteroatoms. The third-order valence-electron chi connectivity index (χ3n) is 10.1. The van der Waals surface area contributed by atoms with E-state index in [1.807, 2.05) is 0 Å². The van der Waals surface area contributed by atoms with Crippen LogP contribution in [-0.4, -0.2) is 0 Å². The molecule has 2 saturated carbocycles. The van der Waals surface area contributed by atoms with Gasteiger partial charge in [-0.1, -0.05) is 140 Å². The highest BCUT2D eigenvalue weighted by molar-refractivity contribution is 5.27. The zero-order chi connectivity index (χ0) is 28.4. The first-order valence-electron chi connectivity index (χ1n) is 17.8. The summed E-state index contributed by atoms with van der Waals surface area (Å²) in [4.78, 5) is 0. The number of hydrogen-bond donors (Lipinski definition) is 0. The van der Waals surface area contributed by atoms with Crippen molar-refractivity contribution in [1.82, 2.24) is 0 Å². The highest BCUT2D eigenvalue weighted by Gasteiger charge is 2.23. The first kappa shape index (κ1) is 32.9. The predicted octanol–water partition coefficient (Wildman–Crippen LogP) is 13.0. The maximum atomic E-state index is 2.40. The molecule has 0 N–H and O–H groups in total.